The van der Waals surface area contributed by atoms with Crippen molar-refractivity contribution in [2.75, 3.05) is 31.1 Å². The number of hydrogen-bond donors (Lipinski definition) is 1. The molecular weight excluding hydrogens is 407 g/mol. The van der Waals surface area contributed by atoms with Gasteiger partial charge >= 0.3 is 0 Å². The number of ether oxygens (including phenoxy) is 1. The van der Waals surface area contributed by atoms with Crippen LogP contribution in [0.5, 0.6) is 0 Å². The molecule has 0 unspecified atom stereocenters. The zero-order valence-corrected chi connectivity index (χ0v) is 18.2. The van der Waals surface area contributed by atoms with E-state index in [0.29, 0.717) is 13.1 Å². The lowest BCUT2D eigenvalue weighted by molar-refractivity contribution is -0.126. The summed E-state index contributed by atoms with van der Waals surface area (Å²) in [4.78, 5) is 19.8. The van der Waals surface area contributed by atoms with Gasteiger partial charge in [0.05, 0.1) is 23.7 Å². The van der Waals surface area contributed by atoms with E-state index in [1.54, 1.807) is 12.1 Å². The number of rotatable bonds is 6. The number of nitrogens with one attached hydrogen (secondary N) is 1. The minimum atomic E-state index is -0.233. The number of halogens is 1. The minimum absolute atomic E-state index is 0.0219. The third-order valence-corrected chi connectivity index (χ3v) is 6.54. The maximum atomic E-state index is 13.8. The Labute approximate surface area is 187 Å². The summed E-state index contributed by atoms with van der Waals surface area (Å²) in [5, 5.41) is 3.08. The quantitative estimate of drug-likeness (QED) is 0.640. The summed E-state index contributed by atoms with van der Waals surface area (Å²) >= 11 is 0. The van der Waals surface area contributed by atoms with E-state index in [-0.39, 0.29) is 23.7 Å². The second-order valence-corrected chi connectivity index (χ2v) is 8.76. The van der Waals surface area contributed by atoms with Crippen molar-refractivity contribution in [2.24, 2.45) is 5.92 Å². The standard InChI is InChI=1S/C25H29FN4O2/c26-20-6-3-5-18(15-20)17-30-23-9-2-1-8-22(23)28-25(30)29-12-10-19(11-13-29)24(31)27-16-21-7-4-14-32-21/h1-3,5-6,8-9,15,19,21H,4,7,10-14,16-17H2,(H,27,31)/t21-/m0/s1. The number of aromatic nitrogens is 2. The molecule has 3 heterocycles. The second-order valence-electron chi connectivity index (χ2n) is 8.76. The lowest BCUT2D eigenvalue weighted by Crippen LogP contribution is -2.43. The van der Waals surface area contributed by atoms with E-state index in [0.717, 1.165) is 67.9 Å². The fourth-order valence-corrected chi connectivity index (χ4v) is 4.78. The summed E-state index contributed by atoms with van der Waals surface area (Å²) in [6.07, 6.45) is 3.86. The van der Waals surface area contributed by atoms with Crippen LogP contribution in [0.2, 0.25) is 0 Å². The maximum absolute atomic E-state index is 13.8. The molecule has 0 radical (unpaired) electrons. The van der Waals surface area contributed by atoms with Crippen LogP contribution in [0.3, 0.4) is 0 Å². The molecule has 7 heteroatoms. The van der Waals surface area contributed by atoms with Gasteiger partial charge in [-0.1, -0.05) is 24.3 Å². The van der Waals surface area contributed by atoms with Gasteiger partial charge in [-0.15, -0.1) is 0 Å². The van der Waals surface area contributed by atoms with E-state index in [1.807, 2.05) is 24.3 Å². The average Bonchev–Trinajstić information content (AvgIpc) is 3.46. The first kappa shape index (κ1) is 20.9. The molecule has 2 aliphatic heterocycles. The Bertz CT molecular complexity index is 1080. The number of piperidine rings is 1. The third-order valence-electron chi connectivity index (χ3n) is 6.54. The van der Waals surface area contributed by atoms with Gasteiger partial charge in [-0.3, -0.25) is 4.79 Å². The normalized spacial score (nSPS) is 19.5. The van der Waals surface area contributed by atoms with E-state index in [2.05, 4.69) is 20.9 Å². The first-order chi connectivity index (χ1) is 15.7. The van der Waals surface area contributed by atoms with E-state index in [9.17, 15) is 9.18 Å². The Morgan fingerprint density at radius 1 is 1.12 bits per heavy atom. The topological polar surface area (TPSA) is 59.4 Å². The summed E-state index contributed by atoms with van der Waals surface area (Å²) in [6.45, 7) is 3.50. The van der Waals surface area contributed by atoms with Crippen LogP contribution in [0.1, 0.15) is 31.2 Å². The van der Waals surface area contributed by atoms with Crippen LogP contribution in [-0.2, 0) is 16.1 Å². The van der Waals surface area contributed by atoms with Gasteiger partial charge in [0, 0.05) is 32.2 Å². The molecule has 0 saturated carbocycles. The number of imidazole rings is 1. The molecule has 2 fully saturated rings. The summed E-state index contributed by atoms with van der Waals surface area (Å²) in [6, 6.07) is 14.8. The number of para-hydroxylation sites is 2. The molecule has 0 spiro atoms. The average molecular weight is 437 g/mol. The number of benzene rings is 2. The van der Waals surface area contributed by atoms with Crippen molar-refractivity contribution in [2.45, 2.75) is 38.3 Å². The molecule has 3 aromatic rings. The molecule has 1 aromatic heterocycles. The summed E-state index contributed by atoms with van der Waals surface area (Å²) in [5.74, 6) is 0.805. The largest absolute Gasteiger partial charge is 0.376 e. The van der Waals surface area contributed by atoms with E-state index < -0.39 is 0 Å². The molecule has 6 nitrogen and oxygen atoms in total. The molecule has 0 bridgehead atoms. The monoisotopic (exact) mass is 436 g/mol. The summed E-state index contributed by atoms with van der Waals surface area (Å²) < 4.78 is 21.5. The second kappa shape index (κ2) is 9.28. The Morgan fingerprint density at radius 2 is 1.97 bits per heavy atom. The van der Waals surface area contributed by atoms with Crippen molar-refractivity contribution in [1.82, 2.24) is 14.9 Å². The van der Waals surface area contributed by atoms with Gasteiger partial charge in [-0.05, 0) is 55.5 Å². The molecule has 1 amide bonds. The van der Waals surface area contributed by atoms with Crippen molar-refractivity contribution in [3.8, 4) is 0 Å². The zero-order valence-electron chi connectivity index (χ0n) is 18.2. The Balaban J connectivity index is 1.29. The number of fused-ring (bicyclic) bond motifs is 1. The maximum Gasteiger partial charge on any atom is 0.223 e. The predicted molar refractivity (Wildman–Crippen MR) is 122 cm³/mol. The van der Waals surface area contributed by atoms with Crippen LogP contribution in [0.25, 0.3) is 11.0 Å². The molecule has 168 valence electrons. The molecule has 5 rings (SSSR count). The third kappa shape index (κ3) is 4.48. The van der Waals surface area contributed by atoms with Crippen molar-refractivity contribution in [3.05, 3.63) is 59.9 Å². The first-order valence-electron chi connectivity index (χ1n) is 11.5. The molecule has 0 aliphatic carbocycles. The van der Waals surface area contributed by atoms with Gasteiger partial charge in [0.1, 0.15) is 5.82 Å². The number of carbonyl (C=O) groups excluding carboxylic acids is 1. The van der Waals surface area contributed by atoms with Crippen LogP contribution >= 0.6 is 0 Å². The summed E-state index contributed by atoms with van der Waals surface area (Å²) in [7, 11) is 0. The highest BCUT2D eigenvalue weighted by Gasteiger charge is 2.28. The lowest BCUT2D eigenvalue weighted by Gasteiger charge is -2.32. The van der Waals surface area contributed by atoms with Crippen molar-refractivity contribution >= 4 is 22.9 Å². The van der Waals surface area contributed by atoms with Gasteiger partial charge < -0.3 is 19.5 Å². The minimum Gasteiger partial charge on any atom is -0.376 e. The Hall–Kier alpha value is -2.93. The fourth-order valence-electron chi connectivity index (χ4n) is 4.78. The van der Waals surface area contributed by atoms with Crippen molar-refractivity contribution in [3.63, 3.8) is 0 Å². The summed E-state index contributed by atoms with van der Waals surface area (Å²) in [5.41, 5.74) is 2.86. The molecule has 2 aromatic carbocycles. The fraction of sp³-hybridized carbons (Fsp3) is 0.440. The van der Waals surface area contributed by atoms with Crippen LogP contribution in [0.4, 0.5) is 10.3 Å². The highest BCUT2D eigenvalue weighted by molar-refractivity contribution is 5.80. The number of hydrogen-bond acceptors (Lipinski definition) is 4. The SMILES string of the molecule is O=C(NC[C@@H]1CCCO1)C1CCN(c2nc3ccccc3n2Cc2cccc(F)c2)CC1. The molecule has 1 atom stereocenters. The molecular formula is C25H29FN4O2. The van der Waals surface area contributed by atoms with Crippen LogP contribution in [-0.4, -0.2) is 47.8 Å². The smallest absolute Gasteiger partial charge is 0.223 e. The first-order valence-corrected chi connectivity index (χ1v) is 11.5. The zero-order chi connectivity index (χ0) is 21.9. The molecule has 2 aliphatic rings. The van der Waals surface area contributed by atoms with Crippen LogP contribution in [0, 0.1) is 11.7 Å². The molecule has 1 N–H and O–H groups in total. The number of amides is 1. The highest BCUT2D eigenvalue weighted by atomic mass is 19.1. The van der Waals surface area contributed by atoms with Gasteiger partial charge in [0.25, 0.3) is 0 Å². The van der Waals surface area contributed by atoms with Gasteiger partial charge in [-0.25, -0.2) is 9.37 Å². The molecule has 2 saturated heterocycles. The van der Waals surface area contributed by atoms with Crippen molar-refractivity contribution < 1.29 is 13.9 Å². The van der Waals surface area contributed by atoms with Gasteiger partial charge in [0.15, 0.2) is 0 Å². The number of nitrogens with zero attached hydrogens (tertiary/aromatic N) is 3. The van der Waals surface area contributed by atoms with E-state index in [1.165, 1.54) is 6.07 Å². The van der Waals surface area contributed by atoms with Gasteiger partial charge in [0.2, 0.25) is 11.9 Å². The highest BCUT2D eigenvalue weighted by Crippen LogP contribution is 2.28. The van der Waals surface area contributed by atoms with E-state index in [4.69, 9.17) is 9.72 Å². The Morgan fingerprint density at radius 3 is 2.75 bits per heavy atom. The predicted octanol–water partition coefficient (Wildman–Crippen LogP) is 3.74. The van der Waals surface area contributed by atoms with E-state index >= 15 is 0 Å². The van der Waals surface area contributed by atoms with Gasteiger partial charge in [-0.2, -0.15) is 0 Å². The molecule has 32 heavy (non-hydrogen) atoms. The number of carbonyl (C=O) groups is 1. The number of anilines is 1. The van der Waals surface area contributed by atoms with Crippen molar-refractivity contribution in [1.29, 1.82) is 0 Å². The van der Waals surface area contributed by atoms with Crippen LogP contribution < -0.4 is 10.2 Å². The van der Waals surface area contributed by atoms with Crippen LogP contribution in [0.15, 0.2) is 48.5 Å². The Kier molecular flexibility index (Phi) is 6.08. The lowest BCUT2D eigenvalue weighted by atomic mass is 9.96.